The molecule has 0 unspecified atom stereocenters. The van der Waals surface area contributed by atoms with Gasteiger partial charge in [0, 0.05) is 6.54 Å². The number of hydrogen-bond donors (Lipinski definition) is 0. The van der Waals surface area contributed by atoms with Crippen LogP contribution in [0.5, 0.6) is 0 Å². The first-order valence-electron chi connectivity index (χ1n) is 7.96. The summed E-state index contributed by atoms with van der Waals surface area (Å²) in [5, 5.41) is 0. The van der Waals surface area contributed by atoms with E-state index in [0.717, 1.165) is 40.0 Å². The first kappa shape index (κ1) is 18.5. The summed E-state index contributed by atoms with van der Waals surface area (Å²) in [4.78, 5) is 16.6. The number of hydrogen-bond acceptors (Lipinski definition) is 4. The van der Waals surface area contributed by atoms with E-state index in [-0.39, 0.29) is 4.90 Å². The van der Waals surface area contributed by atoms with E-state index >= 15 is 0 Å². The van der Waals surface area contributed by atoms with E-state index in [4.69, 9.17) is 0 Å². The number of benzene rings is 2. The van der Waals surface area contributed by atoms with Crippen LogP contribution in [0.2, 0.25) is 0 Å². The predicted octanol–water partition coefficient (Wildman–Crippen LogP) is 3.07. The van der Waals surface area contributed by atoms with Crippen LogP contribution >= 0.6 is 11.3 Å². The zero-order valence-corrected chi connectivity index (χ0v) is 15.9. The standard InChI is InChI=1S/C18H17FN2O3S2/c1-3-21-15-9-4-12(2)10-16(15)25-18(21)20-17(22)11-26(23,24)14-7-5-13(19)6-8-14/h4-10H,3,11H2,1-2H3. The van der Waals surface area contributed by atoms with Crippen molar-refractivity contribution in [1.82, 2.24) is 4.57 Å². The lowest BCUT2D eigenvalue weighted by molar-refractivity contribution is -0.115. The number of aryl methyl sites for hydroxylation is 2. The van der Waals surface area contributed by atoms with Gasteiger partial charge in [0.05, 0.1) is 15.1 Å². The second-order valence-corrected chi connectivity index (χ2v) is 8.82. The van der Waals surface area contributed by atoms with Crippen LogP contribution in [0.25, 0.3) is 10.2 Å². The van der Waals surface area contributed by atoms with E-state index in [1.807, 2.05) is 36.6 Å². The maximum atomic E-state index is 13.0. The first-order valence-corrected chi connectivity index (χ1v) is 10.4. The smallest absolute Gasteiger partial charge is 0.263 e. The topological polar surface area (TPSA) is 68.5 Å². The fraction of sp³-hybridized carbons (Fsp3) is 0.222. The van der Waals surface area contributed by atoms with Crippen LogP contribution in [0.15, 0.2) is 52.4 Å². The number of sulfone groups is 1. The Hall–Kier alpha value is -2.32. The van der Waals surface area contributed by atoms with Gasteiger partial charge in [-0.1, -0.05) is 17.4 Å². The minimum absolute atomic E-state index is 0.0993. The van der Waals surface area contributed by atoms with Gasteiger partial charge >= 0.3 is 0 Å². The average molecular weight is 392 g/mol. The molecule has 0 N–H and O–H groups in total. The zero-order chi connectivity index (χ0) is 18.9. The van der Waals surface area contributed by atoms with Gasteiger partial charge in [-0.15, -0.1) is 0 Å². The third-order valence-electron chi connectivity index (χ3n) is 3.86. The number of carbonyl (C=O) groups excluding carboxylic acids is 1. The van der Waals surface area contributed by atoms with Crippen molar-refractivity contribution >= 4 is 37.3 Å². The van der Waals surface area contributed by atoms with Crippen molar-refractivity contribution < 1.29 is 17.6 Å². The number of nitrogens with zero attached hydrogens (tertiary/aromatic N) is 2. The molecule has 3 aromatic rings. The maximum absolute atomic E-state index is 13.0. The monoisotopic (exact) mass is 392 g/mol. The van der Waals surface area contributed by atoms with Crippen LogP contribution in [0.3, 0.4) is 0 Å². The summed E-state index contributed by atoms with van der Waals surface area (Å²) >= 11 is 1.35. The molecule has 1 heterocycles. The number of carbonyl (C=O) groups is 1. The first-order chi connectivity index (χ1) is 12.3. The number of rotatable bonds is 4. The van der Waals surface area contributed by atoms with Crippen molar-refractivity contribution in [2.75, 3.05) is 5.75 Å². The Kier molecular flexibility index (Phi) is 5.06. The molecule has 0 aliphatic heterocycles. The largest absolute Gasteiger partial charge is 0.317 e. The van der Waals surface area contributed by atoms with E-state index < -0.39 is 27.3 Å². The van der Waals surface area contributed by atoms with Crippen LogP contribution in [-0.2, 0) is 21.2 Å². The second-order valence-electron chi connectivity index (χ2n) is 5.82. The van der Waals surface area contributed by atoms with E-state index in [0.29, 0.717) is 11.3 Å². The van der Waals surface area contributed by atoms with Gasteiger partial charge in [0.2, 0.25) is 0 Å². The molecule has 0 fully saturated rings. The molecule has 1 aromatic heterocycles. The molecule has 5 nitrogen and oxygen atoms in total. The molecule has 0 radical (unpaired) electrons. The Morgan fingerprint density at radius 2 is 1.88 bits per heavy atom. The van der Waals surface area contributed by atoms with Gasteiger partial charge in [-0.25, -0.2) is 12.8 Å². The third kappa shape index (κ3) is 3.76. The van der Waals surface area contributed by atoms with Crippen molar-refractivity contribution in [1.29, 1.82) is 0 Å². The van der Waals surface area contributed by atoms with E-state index in [9.17, 15) is 17.6 Å². The highest BCUT2D eigenvalue weighted by atomic mass is 32.2. The molecule has 0 aliphatic carbocycles. The third-order valence-corrected chi connectivity index (χ3v) is 6.52. The lowest BCUT2D eigenvalue weighted by atomic mass is 10.2. The lowest BCUT2D eigenvalue weighted by Gasteiger charge is -2.02. The normalized spacial score (nSPS) is 12.7. The van der Waals surface area contributed by atoms with E-state index in [1.54, 1.807) is 0 Å². The molecule has 8 heteroatoms. The Labute approximate surface area is 154 Å². The quantitative estimate of drug-likeness (QED) is 0.641. The summed E-state index contributed by atoms with van der Waals surface area (Å²) in [6.07, 6.45) is 0. The highest BCUT2D eigenvalue weighted by molar-refractivity contribution is 7.92. The molecule has 0 bridgehead atoms. The number of halogens is 1. The molecule has 0 saturated carbocycles. The number of amides is 1. The van der Waals surface area contributed by atoms with Crippen molar-refractivity contribution in [3.05, 3.63) is 58.6 Å². The Balaban J connectivity index is 1.96. The Bertz CT molecular complexity index is 1140. The molecule has 2 aromatic carbocycles. The van der Waals surface area contributed by atoms with Crippen molar-refractivity contribution in [3.8, 4) is 0 Å². The average Bonchev–Trinajstić information content (AvgIpc) is 2.90. The van der Waals surface area contributed by atoms with Crippen LogP contribution in [0.4, 0.5) is 4.39 Å². The number of fused-ring (bicyclic) bond motifs is 1. The fourth-order valence-corrected chi connectivity index (χ4v) is 4.91. The van der Waals surface area contributed by atoms with Crippen molar-refractivity contribution in [2.24, 2.45) is 4.99 Å². The Morgan fingerprint density at radius 1 is 1.19 bits per heavy atom. The summed E-state index contributed by atoms with van der Waals surface area (Å²) in [5.41, 5.74) is 2.05. The summed E-state index contributed by atoms with van der Waals surface area (Å²) < 4.78 is 40.4. The second kappa shape index (κ2) is 7.13. The SMILES string of the molecule is CCn1c(=NC(=O)CS(=O)(=O)c2ccc(F)cc2)sc2cc(C)ccc21. The minimum Gasteiger partial charge on any atom is -0.317 e. The molecule has 0 spiro atoms. The molecule has 0 aliphatic rings. The molecular weight excluding hydrogens is 375 g/mol. The van der Waals surface area contributed by atoms with Crippen LogP contribution < -0.4 is 4.80 Å². The summed E-state index contributed by atoms with van der Waals surface area (Å²) in [5.74, 6) is -2.04. The molecular formula is C18H17FN2O3S2. The summed E-state index contributed by atoms with van der Waals surface area (Å²) in [6, 6.07) is 10.3. The van der Waals surface area contributed by atoms with Crippen LogP contribution in [0, 0.1) is 12.7 Å². The highest BCUT2D eigenvalue weighted by Crippen LogP contribution is 2.19. The van der Waals surface area contributed by atoms with Crippen LogP contribution in [-0.4, -0.2) is 24.6 Å². The maximum Gasteiger partial charge on any atom is 0.263 e. The van der Waals surface area contributed by atoms with E-state index in [1.165, 1.54) is 11.3 Å². The summed E-state index contributed by atoms with van der Waals surface area (Å²) in [7, 11) is -3.87. The minimum atomic E-state index is -3.87. The molecule has 26 heavy (non-hydrogen) atoms. The summed E-state index contributed by atoms with van der Waals surface area (Å²) in [6.45, 7) is 4.53. The molecule has 0 saturated heterocycles. The van der Waals surface area contributed by atoms with Gasteiger partial charge in [-0.3, -0.25) is 4.79 Å². The number of aromatic nitrogens is 1. The van der Waals surface area contributed by atoms with Gasteiger partial charge in [-0.05, 0) is 55.8 Å². The fourth-order valence-electron chi connectivity index (χ4n) is 2.60. The van der Waals surface area contributed by atoms with Gasteiger partial charge in [-0.2, -0.15) is 4.99 Å². The van der Waals surface area contributed by atoms with Crippen LogP contribution in [0.1, 0.15) is 12.5 Å². The van der Waals surface area contributed by atoms with Gasteiger partial charge in [0.15, 0.2) is 14.6 Å². The van der Waals surface area contributed by atoms with Crippen molar-refractivity contribution in [2.45, 2.75) is 25.3 Å². The highest BCUT2D eigenvalue weighted by Gasteiger charge is 2.19. The number of thiazole rings is 1. The predicted molar refractivity (Wildman–Crippen MR) is 99.2 cm³/mol. The Morgan fingerprint density at radius 3 is 2.54 bits per heavy atom. The van der Waals surface area contributed by atoms with E-state index in [2.05, 4.69) is 4.99 Å². The molecule has 0 atom stereocenters. The lowest BCUT2D eigenvalue weighted by Crippen LogP contribution is -2.20. The van der Waals surface area contributed by atoms with Gasteiger partial charge in [0.1, 0.15) is 11.6 Å². The molecule has 136 valence electrons. The molecule has 3 rings (SSSR count). The molecule has 1 amide bonds. The van der Waals surface area contributed by atoms with Gasteiger partial charge in [0.25, 0.3) is 5.91 Å². The zero-order valence-electron chi connectivity index (χ0n) is 14.3. The van der Waals surface area contributed by atoms with Crippen molar-refractivity contribution in [3.63, 3.8) is 0 Å². The van der Waals surface area contributed by atoms with Gasteiger partial charge < -0.3 is 4.57 Å².